The van der Waals surface area contributed by atoms with Crippen LogP contribution in [0.1, 0.15) is 43.0 Å². The maximum Gasteiger partial charge on any atom is 0.231 e. The van der Waals surface area contributed by atoms with E-state index in [-0.39, 0.29) is 5.91 Å². The molecule has 21 heavy (non-hydrogen) atoms. The number of amides is 1. The number of carbonyl (C=O) groups excluding carboxylic acids is 1. The number of aromatic nitrogens is 1. The Kier molecular flexibility index (Phi) is 4.51. The van der Waals surface area contributed by atoms with E-state index in [0.717, 1.165) is 32.4 Å². The van der Waals surface area contributed by atoms with Crippen molar-refractivity contribution in [1.82, 2.24) is 15.2 Å². The Labute approximate surface area is 125 Å². The van der Waals surface area contributed by atoms with Gasteiger partial charge in [0.15, 0.2) is 0 Å². The largest absolute Gasteiger partial charge is 0.369 e. The lowest BCUT2D eigenvalue weighted by atomic mass is 9.90. The number of nitrogens with one attached hydrogen (secondary N) is 1. The second-order valence-corrected chi connectivity index (χ2v) is 6.18. The lowest BCUT2D eigenvalue weighted by Gasteiger charge is -2.35. The van der Waals surface area contributed by atoms with E-state index in [9.17, 15) is 4.79 Å². The van der Waals surface area contributed by atoms with Gasteiger partial charge in [-0.15, -0.1) is 0 Å². The fraction of sp³-hybridized carbons (Fsp3) is 0.625. The summed E-state index contributed by atoms with van der Waals surface area (Å²) in [7, 11) is 0. The first-order valence-corrected chi connectivity index (χ1v) is 7.93. The highest BCUT2D eigenvalue weighted by atomic mass is 16.1. The van der Waals surface area contributed by atoms with Crippen molar-refractivity contribution in [2.24, 2.45) is 5.73 Å². The number of piperidine rings is 1. The van der Waals surface area contributed by atoms with Gasteiger partial charge in [-0.25, -0.2) is 0 Å². The van der Waals surface area contributed by atoms with Gasteiger partial charge in [-0.1, -0.05) is 6.07 Å². The molecule has 2 heterocycles. The number of hydrogen-bond donors (Lipinski definition) is 2. The van der Waals surface area contributed by atoms with Gasteiger partial charge in [-0.05, 0) is 43.7 Å². The predicted octanol–water partition coefficient (Wildman–Crippen LogP) is 0.998. The fourth-order valence-corrected chi connectivity index (χ4v) is 3.53. The zero-order valence-electron chi connectivity index (χ0n) is 12.4. The number of aryl methyl sites for hydroxylation is 1. The molecule has 1 aromatic rings. The summed E-state index contributed by atoms with van der Waals surface area (Å²) in [6.07, 6.45) is 7.60. The molecule has 0 spiro atoms. The molecule has 1 aromatic heterocycles. The SMILES string of the molecule is NC(=O)CN1CCC(NC2CCCc3cccnc32)CC1. The van der Waals surface area contributed by atoms with Crippen LogP contribution in [0.5, 0.6) is 0 Å². The Bertz CT molecular complexity index is 497. The van der Waals surface area contributed by atoms with E-state index in [1.54, 1.807) is 0 Å². The minimum absolute atomic E-state index is 0.230. The van der Waals surface area contributed by atoms with Gasteiger partial charge >= 0.3 is 0 Å². The summed E-state index contributed by atoms with van der Waals surface area (Å²) >= 11 is 0. The second kappa shape index (κ2) is 6.54. The number of carbonyl (C=O) groups is 1. The number of nitrogens with zero attached hydrogens (tertiary/aromatic N) is 2. The summed E-state index contributed by atoms with van der Waals surface area (Å²) in [6.45, 7) is 2.28. The van der Waals surface area contributed by atoms with Crippen LogP contribution in [0.15, 0.2) is 18.3 Å². The summed E-state index contributed by atoms with van der Waals surface area (Å²) in [5.74, 6) is -0.230. The van der Waals surface area contributed by atoms with Crippen LogP contribution in [0.3, 0.4) is 0 Å². The number of likely N-dealkylation sites (tertiary alicyclic amines) is 1. The zero-order chi connectivity index (χ0) is 14.7. The molecule has 1 unspecified atom stereocenters. The number of primary amides is 1. The van der Waals surface area contributed by atoms with Gasteiger partial charge in [0.05, 0.1) is 12.2 Å². The zero-order valence-corrected chi connectivity index (χ0v) is 12.4. The minimum atomic E-state index is -0.230. The van der Waals surface area contributed by atoms with E-state index in [4.69, 9.17) is 5.73 Å². The first kappa shape index (κ1) is 14.5. The van der Waals surface area contributed by atoms with Crippen LogP contribution in [0, 0.1) is 0 Å². The maximum atomic E-state index is 11.0. The molecule has 1 fully saturated rings. The maximum absolute atomic E-state index is 11.0. The normalized spacial score (nSPS) is 23.7. The van der Waals surface area contributed by atoms with Crippen molar-refractivity contribution in [3.8, 4) is 0 Å². The molecule has 5 nitrogen and oxygen atoms in total. The third-order valence-corrected chi connectivity index (χ3v) is 4.60. The Morgan fingerprint density at radius 1 is 1.38 bits per heavy atom. The van der Waals surface area contributed by atoms with Gasteiger partial charge in [0.25, 0.3) is 0 Å². The van der Waals surface area contributed by atoms with Crippen LogP contribution >= 0.6 is 0 Å². The van der Waals surface area contributed by atoms with Crippen LogP contribution < -0.4 is 11.1 Å². The number of fused-ring (bicyclic) bond motifs is 1. The summed E-state index contributed by atoms with van der Waals surface area (Å²) in [6, 6.07) is 5.14. The Morgan fingerprint density at radius 2 is 2.19 bits per heavy atom. The van der Waals surface area contributed by atoms with Gasteiger partial charge in [0.1, 0.15) is 0 Å². The van der Waals surface area contributed by atoms with Crippen LogP contribution in [-0.4, -0.2) is 41.5 Å². The highest BCUT2D eigenvalue weighted by Crippen LogP contribution is 2.29. The smallest absolute Gasteiger partial charge is 0.231 e. The molecular formula is C16H24N4O. The van der Waals surface area contributed by atoms with E-state index in [1.165, 1.54) is 24.1 Å². The van der Waals surface area contributed by atoms with Crippen LogP contribution in [0.25, 0.3) is 0 Å². The standard InChI is InChI=1S/C16H24N4O/c17-15(21)11-20-9-6-13(7-10-20)19-14-5-1-3-12-4-2-8-18-16(12)14/h2,4,8,13-14,19H,1,3,5-7,9-11H2,(H2,17,21). The average molecular weight is 288 g/mol. The Balaban J connectivity index is 1.56. The molecule has 114 valence electrons. The van der Waals surface area contributed by atoms with Crippen molar-refractivity contribution < 1.29 is 4.79 Å². The van der Waals surface area contributed by atoms with Crippen LogP contribution in [0.4, 0.5) is 0 Å². The van der Waals surface area contributed by atoms with Gasteiger partial charge in [-0.3, -0.25) is 14.7 Å². The first-order valence-electron chi connectivity index (χ1n) is 7.93. The summed E-state index contributed by atoms with van der Waals surface area (Å²) in [5, 5.41) is 3.78. The van der Waals surface area contributed by atoms with Crippen molar-refractivity contribution in [3.63, 3.8) is 0 Å². The van der Waals surface area contributed by atoms with Crippen LogP contribution in [-0.2, 0) is 11.2 Å². The average Bonchev–Trinajstić information content (AvgIpc) is 2.49. The number of rotatable bonds is 4. The monoisotopic (exact) mass is 288 g/mol. The van der Waals surface area contributed by atoms with E-state index in [1.807, 2.05) is 12.3 Å². The van der Waals surface area contributed by atoms with E-state index < -0.39 is 0 Å². The van der Waals surface area contributed by atoms with Crippen molar-refractivity contribution in [2.45, 2.75) is 44.2 Å². The first-order chi connectivity index (χ1) is 10.2. The lowest BCUT2D eigenvalue weighted by Crippen LogP contribution is -2.46. The molecule has 1 amide bonds. The summed E-state index contributed by atoms with van der Waals surface area (Å²) in [5.41, 5.74) is 7.89. The lowest BCUT2D eigenvalue weighted by molar-refractivity contribution is -0.119. The molecule has 2 aliphatic rings. The highest BCUT2D eigenvalue weighted by Gasteiger charge is 2.26. The quantitative estimate of drug-likeness (QED) is 0.867. The highest BCUT2D eigenvalue weighted by molar-refractivity contribution is 5.75. The third-order valence-electron chi connectivity index (χ3n) is 4.60. The van der Waals surface area contributed by atoms with Crippen molar-refractivity contribution in [3.05, 3.63) is 29.6 Å². The fourth-order valence-electron chi connectivity index (χ4n) is 3.53. The van der Waals surface area contributed by atoms with Crippen molar-refractivity contribution in [1.29, 1.82) is 0 Å². The van der Waals surface area contributed by atoms with Gasteiger partial charge in [0.2, 0.25) is 5.91 Å². The molecule has 0 radical (unpaired) electrons. The van der Waals surface area contributed by atoms with Gasteiger partial charge < -0.3 is 11.1 Å². The van der Waals surface area contributed by atoms with E-state index >= 15 is 0 Å². The van der Waals surface area contributed by atoms with Crippen LogP contribution in [0.2, 0.25) is 0 Å². The number of hydrogen-bond acceptors (Lipinski definition) is 4. The third kappa shape index (κ3) is 3.60. The molecule has 1 saturated heterocycles. The topological polar surface area (TPSA) is 71.2 Å². The molecule has 3 N–H and O–H groups in total. The van der Waals surface area contributed by atoms with Gasteiger partial charge in [-0.2, -0.15) is 0 Å². The Morgan fingerprint density at radius 3 is 2.95 bits per heavy atom. The number of nitrogens with two attached hydrogens (primary N) is 1. The minimum Gasteiger partial charge on any atom is -0.369 e. The number of pyridine rings is 1. The molecule has 3 rings (SSSR count). The second-order valence-electron chi connectivity index (χ2n) is 6.18. The molecule has 0 aromatic carbocycles. The van der Waals surface area contributed by atoms with Crippen molar-refractivity contribution >= 4 is 5.91 Å². The molecule has 0 saturated carbocycles. The molecule has 0 bridgehead atoms. The molecule has 1 aliphatic carbocycles. The van der Waals surface area contributed by atoms with Gasteiger partial charge in [0, 0.05) is 31.4 Å². The molecule has 1 aliphatic heterocycles. The molecular weight excluding hydrogens is 264 g/mol. The predicted molar refractivity (Wildman–Crippen MR) is 81.7 cm³/mol. The summed E-state index contributed by atoms with van der Waals surface area (Å²) in [4.78, 5) is 17.7. The van der Waals surface area contributed by atoms with E-state index in [2.05, 4.69) is 21.3 Å². The van der Waals surface area contributed by atoms with Crippen molar-refractivity contribution in [2.75, 3.05) is 19.6 Å². The molecule has 5 heteroatoms. The summed E-state index contributed by atoms with van der Waals surface area (Å²) < 4.78 is 0. The molecule has 1 atom stereocenters. The van der Waals surface area contributed by atoms with E-state index in [0.29, 0.717) is 18.6 Å². The Hall–Kier alpha value is -1.46.